The van der Waals surface area contributed by atoms with Crippen LogP contribution in [-0.2, 0) is 4.74 Å². The molecule has 1 aromatic carbocycles. The van der Waals surface area contributed by atoms with E-state index in [4.69, 9.17) is 26.1 Å². The maximum Gasteiger partial charge on any atom is 0.191 e. The Bertz CT molecular complexity index is 581. The first-order valence-corrected chi connectivity index (χ1v) is 10.7. The number of aliphatic imine (C=N–C) groups is 1. The zero-order valence-corrected chi connectivity index (χ0v) is 20.9. The van der Waals surface area contributed by atoms with Crippen molar-refractivity contribution in [3.8, 4) is 5.75 Å². The van der Waals surface area contributed by atoms with Gasteiger partial charge in [-0.1, -0.05) is 11.6 Å². The van der Waals surface area contributed by atoms with E-state index in [1.165, 1.54) is 0 Å². The molecule has 1 atom stereocenters. The van der Waals surface area contributed by atoms with Gasteiger partial charge in [0.15, 0.2) is 5.96 Å². The molecule has 1 unspecified atom stereocenters. The third-order valence-corrected chi connectivity index (χ3v) is 5.00. The average molecular weight is 539 g/mol. The molecule has 0 spiro atoms. The number of likely N-dealkylation sites (tertiary alicyclic amines) is 1. The second-order valence-corrected chi connectivity index (χ2v) is 7.65. The van der Waals surface area contributed by atoms with Crippen LogP contribution in [0.3, 0.4) is 0 Å². The van der Waals surface area contributed by atoms with Crippen molar-refractivity contribution in [3.63, 3.8) is 0 Å². The summed E-state index contributed by atoms with van der Waals surface area (Å²) in [4.78, 5) is 7.23. The minimum atomic E-state index is -0.0146. The molecule has 1 saturated heterocycles. The van der Waals surface area contributed by atoms with Crippen LogP contribution < -0.4 is 15.4 Å². The summed E-state index contributed by atoms with van der Waals surface area (Å²) in [6, 6.07) is 7.89. The second-order valence-electron chi connectivity index (χ2n) is 7.21. The molecule has 0 amide bonds. The molecule has 1 aliphatic rings. The maximum atomic E-state index is 5.92. The summed E-state index contributed by atoms with van der Waals surface area (Å²) in [5, 5.41) is 7.64. The number of halogens is 2. The number of ether oxygens (including phenoxy) is 2. The van der Waals surface area contributed by atoms with Gasteiger partial charge in [-0.2, -0.15) is 0 Å². The molecule has 1 fully saturated rings. The SMILES string of the molecule is CCNC(=NCC(C)Oc1ccc(Cl)cc1)NC1CCN(CCCOC)CC1.I. The Hall–Kier alpha value is -0.770. The molecule has 0 radical (unpaired) electrons. The third-order valence-electron chi connectivity index (χ3n) is 4.75. The van der Waals surface area contributed by atoms with Crippen LogP contribution in [0.2, 0.25) is 5.02 Å². The van der Waals surface area contributed by atoms with Crippen molar-refractivity contribution >= 4 is 41.5 Å². The molecule has 0 aromatic heterocycles. The highest BCUT2D eigenvalue weighted by molar-refractivity contribution is 14.0. The standard InChI is InChI=1S/C21H35ClN4O2.HI/c1-4-23-21(24-16-17(2)28-20-8-6-18(22)7-9-20)25-19-10-13-26(14-11-19)12-5-15-27-3;/h6-9,17,19H,4-5,10-16H2,1-3H3,(H2,23,24,25);1H. The Morgan fingerprint density at radius 1 is 1.28 bits per heavy atom. The van der Waals surface area contributed by atoms with Gasteiger partial charge < -0.3 is 25.0 Å². The number of benzene rings is 1. The maximum absolute atomic E-state index is 5.92. The molecule has 0 aliphatic carbocycles. The minimum Gasteiger partial charge on any atom is -0.489 e. The van der Waals surface area contributed by atoms with Crippen LogP contribution in [0.15, 0.2) is 29.3 Å². The van der Waals surface area contributed by atoms with E-state index < -0.39 is 0 Å². The highest BCUT2D eigenvalue weighted by Gasteiger charge is 2.19. The van der Waals surface area contributed by atoms with E-state index in [1.807, 2.05) is 31.2 Å². The Morgan fingerprint density at radius 3 is 2.59 bits per heavy atom. The fourth-order valence-corrected chi connectivity index (χ4v) is 3.38. The van der Waals surface area contributed by atoms with Crippen LogP contribution >= 0.6 is 35.6 Å². The fourth-order valence-electron chi connectivity index (χ4n) is 3.25. The molecule has 0 saturated carbocycles. The van der Waals surface area contributed by atoms with Gasteiger partial charge in [-0.3, -0.25) is 0 Å². The molecule has 6 nitrogen and oxygen atoms in total. The number of hydrogen-bond donors (Lipinski definition) is 2. The number of nitrogens with zero attached hydrogens (tertiary/aromatic N) is 2. The number of rotatable bonds is 10. The lowest BCUT2D eigenvalue weighted by Gasteiger charge is -2.33. The predicted molar refractivity (Wildman–Crippen MR) is 132 cm³/mol. The van der Waals surface area contributed by atoms with E-state index in [2.05, 4.69) is 22.5 Å². The average Bonchev–Trinajstić information content (AvgIpc) is 2.69. The Labute approximate surface area is 197 Å². The lowest BCUT2D eigenvalue weighted by atomic mass is 10.1. The Balaban J connectivity index is 0.00000420. The first kappa shape index (κ1) is 26.3. The summed E-state index contributed by atoms with van der Waals surface area (Å²) in [6.45, 7) is 9.75. The van der Waals surface area contributed by atoms with Crippen LogP contribution in [0.5, 0.6) is 5.75 Å². The lowest BCUT2D eigenvalue weighted by molar-refractivity contribution is 0.155. The van der Waals surface area contributed by atoms with Crippen molar-refractivity contribution < 1.29 is 9.47 Å². The zero-order valence-electron chi connectivity index (χ0n) is 17.8. The van der Waals surface area contributed by atoms with Gasteiger partial charge >= 0.3 is 0 Å². The molecule has 29 heavy (non-hydrogen) atoms. The fraction of sp³-hybridized carbons (Fsp3) is 0.667. The quantitative estimate of drug-likeness (QED) is 0.206. The van der Waals surface area contributed by atoms with E-state index in [0.29, 0.717) is 17.6 Å². The van der Waals surface area contributed by atoms with Crippen molar-refractivity contribution in [2.75, 3.05) is 46.4 Å². The summed E-state index contributed by atoms with van der Waals surface area (Å²) in [5.41, 5.74) is 0. The van der Waals surface area contributed by atoms with E-state index in [-0.39, 0.29) is 30.1 Å². The normalized spacial score (nSPS) is 16.8. The van der Waals surface area contributed by atoms with Gasteiger partial charge in [-0.15, -0.1) is 24.0 Å². The van der Waals surface area contributed by atoms with Gasteiger partial charge in [0.1, 0.15) is 11.9 Å². The molecular weight excluding hydrogens is 503 g/mol. The summed E-state index contributed by atoms with van der Waals surface area (Å²) < 4.78 is 11.1. The minimum absolute atomic E-state index is 0. The van der Waals surface area contributed by atoms with E-state index >= 15 is 0 Å². The van der Waals surface area contributed by atoms with Gasteiger partial charge in [0.2, 0.25) is 0 Å². The Morgan fingerprint density at radius 2 is 1.97 bits per heavy atom. The van der Waals surface area contributed by atoms with Gasteiger partial charge in [0, 0.05) is 51.0 Å². The second kappa shape index (κ2) is 15.1. The first-order chi connectivity index (χ1) is 13.6. The summed E-state index contributed by atoms with van der Waals surface area (Å²) in [5.74, 6) is 1.68. The number of guanidine groups is 1. The number of hydrogen-bond acceptors (Lipinski definition) is 4. The van der Waals surface area contributed by atoms with E-state index in [0.717, 1.165) is 63.8 Å². The molecule has 1 aliphatic heterocycles. The van der Waals surface area contributed by atoms with Crippen LogP contribution in [0.1, 0.15) is 33.1 Å². The van der Waals surface area contributed by atoms with E-state index in [1.54, 1.807) is 7.11 Å². The number of nitrogens with one attached hydrogen (secondary N) is 2. The van der Waals surface area contributed by atoms with Crippen LogP contribution in [0.4, 0.5) is 0 Å². The third kappa shape index (κ3) is 10.7. The topological polar surface area (TPSA) is 58.1 Å². The van der Waals surface area contributed by atoms with Crippen molar-refractivity contribution in [2.45, 2.75) is 45.3 Å². The molecular formula is C21H36ClIN4O2. The summed E-state index contributed by atoms with van der Waals surface area (Å²) in [7, 11) is 1.76. The molecule has 8 heteroatoms. The highest BCUT2D eigenvalue weighted by atomic mass is 127. The Kier molecular flexibility index (Phi) is 13.7. The summed E-state index contributed by atoms with van der Waals surface area (Å²) >= 11 is 5.92. The zero-order chi connectivity index (χ0) is 20.2. The molecule has 0 bridgehead atoms. The van der Waals surface area contributed by atoms with Crippen molar-refractivity contribution in [1.82, 2.24) is 15.5 Å². The van der Waals surface area contributed by atoms with Crippen LogP contribution in [-0.4, -0.2) is 69.4 Å². The van der Waals surface area contributed by atoms with Crippen molar-refractivity contribution in [3.05, 3.63) is 29.3 Å². The van der Waals surface area contributed by atoms with Crippen LogP contribution in [0.25, 0.3) is 0 Å². The predicted octanol–water partition coefficient (Wildman–Crippen LogP) is 3.78. The van der Waals surface area contributed by atoms with Gasteiger partial charge in [0.05, 0.1) is 6.54 Å². The van der Waals surface area contributed by atoms with Gasteiger partial charge in [0.25, 0.3) is 0 Å². The molecule has 166 valence electrons. The molecule has 2 N–H and O–H groups in total. The van der Waals surface area contributed by atoms with Gasteiger partial charge in [-0.25, -0.2) is 4.99 Å². The largest absolute Gasteiger partial charge is 0.489 e. The van der Waals surface area contributed by atoms with Crippen molar-refractivity contribution in [1.29, 1.82) is 0 Å². The smallest absolute Gasteiger partial charge is 0.191 e. The molecule has 1 aromatic rings. The van der Waals surface area contributed by atoms with Crippen LogP contribution in [0, 0.1) is 0 Å². The van der Waals surface area contributed by atoms with E-state index in [9.17, 15) is 0 Å². The van der Waals surface area contributed by atoms with Crippen molar-refractivity contribution in [2.24, 2.45) is 4.99 Å². The molecule has 2 rings (SSSR count). The number of piperidine rings is 1. The monoisotopic (exact) mass is 538 g/mol. The summed E-state index contributed by atoms with van der Waals surface area (Å²) in [6.07, 6.45) is 3.35. The van der Waals surface area contributed by atoms with Gasteiger partial charge in [-0.05, 0) is 57.4 Å². The molecule has 1 heterocycles. The first-order valence-electron chi connectivity index (χ1n) is 10.3. The highest BCUT2D eigenvalue weighted by Crippen LogP contribution is 2.17. The number of methoxy groups -OCH3 is 1. The lowest BCUT2D eigenvalue weighted by Crippen LogP contribution is -2.49.